The van der Waals surface area contributed by atoms with Crippen molar-refractivity contribution in [2.75, 3.05) is 13.1 Å². The first-order valence-electron chi connectivity index (χ1n) is 6.02. The number of nitrogens with zero attached hydrogens (tertiary/aromatic N) is 3. The van der Waals surface area contributed by atoms with Crippen molar-refractivity contribution in [3.8, 4) is 6.07 Å². The first-order valence-corrected chi connectivity index (χ1v) is 6.82. The van der Waals surface area contributed by atoms with E-state index < -0.39 is 4.92 Å². The molecule has 0 fully saturated rings. The number of carbonyl (C=O) groups excluding carboxylic acids is 1. The number of halogens is 1. The molecule has 0 saturated heterocycles. The molecular weight excluding hydrogens is 326 g/mol. The first kappa shape index (κ1) is 16.1. The van der Waals surface area contributed by atoms with Crippen molar-refractivity contribution in [2.45, 2.75) is 13.8 Å². The highest BCUT2D eigenvalue weighted by atomic mass is 79.9. The van der Waals surface area contributed by atoms with E-state index in [9.17, 15) is 14.9 Å². The highest BCUT2D eigenvalue weighted by Gasteiger charge is 2.19. The number of rotatable bonds is 5. The fraction of sp³-hybridized carbons (Fsp3) is 0.385. The lowest BCUT2D eigenvalue weighted by molar-refractivity contribution is -0.385. The molecule has 0 spiro atoms. The molecule has 0 radical (unpaired) electrons. The van der Waals surface area contributed by atoms with Crippen LogP contribution >= 0.6 is 15.9 Å². The zero-order valence-electron chi connectivity index (χ0n) is 11.2. The van der Waals surface area contributed by atoms with E-state index in [0.717, 1.165) is 0 Å². The number of non-ortho nitro benzene ring substituents is 1. The average molecular weight is 340 g/mol. The summed E-state index contributed by atoms with van der Waals surface area (Å²) in [5.74, 6) is -0.611. The normalized spacial score (nSPS) is 11.5. The van der Waals surface area contributed by atoms with Crippen LogP contribution in [0.25, 0.3) is 0 Å². The molecule has 0 heterocycles. The zero-order valence-corrected chi connectivity index (χ0v) is 12.8. The number of amides is 1. The number of carbonyl (C=O) groups is 1. The van der Waals surface area contributed by atoms with E-state index in [-0.39, 0.29) is 23.1 Å². The molecule has 0 bridgehead atoms. The Balaban J connectivity index is 3.07. The van der Waals surface area contributed by atoms with Crippen LogP contribution in [0.4, 0.5) is 5.69 Å². The summed E-state index contributed by atoms with van der Waals surface area (Å²) in [5.41, 5.74) is 0.0881. The summed E-state index contributed by atoms with van der Waals surface area (Å²) in [6.45, 7) is 4.25. The largest absolute Gasteiger partial charge is 0.338 e. The van der Waals surface area contributed by atoms with Crippen LogP contribution in [-0.2, 0) is 0 Å². The summed E-state index contributed by atoms with van der Waals surface area (Å²) in [5, 5.41) is 19.6. The monoisotopic (exact) mass is 339 g/mol. The fourth-order valence-corrected chi connectivity index (χ4v) is 2.19. The predicted octanol–water partition coefficient (Wildman–Crippen LogP) is 2.98. The summed E-state index contributed by atoms with van der Waals surface area (Å²) in [7, 11) is 0. The maximum Gasteiger partial charge on any atom is 0.271 e. The van der Waals surface area contributed by atoms with E-state index in [0.29, 0.717) is 17.6 Å². The Morgan fingerprint density at radius 1 is 1.55 bits per heavy atom. The van der Waals surface area contributed by atoms with Gasteiger partial charge in [-0.05, 0) is 19.9 Å². The Morgan fingerprint density at radius 3 is 2.70 bits per heavy atom. The third-order valence-corrected chi connectivity index (χ3v) is 3.18. The molecule has 106 valence electrons. The number of nitro benzene ring substituents is 1. The van der Waals surface area contributed by atoms with Crippen molar-refractivity contribution < 1.29 is 9.72 Å². The van der Waals surface area contributed by atoms with E-state index in [1.807, 2.05) is 0 Å². The maximum atomic E-state index is 12.3. The molecule has 1 aromatic carbocycles. The van der Waals surface area contributed by atoms with Gasteiger partial charge < -0.3 is 4.90 Å². The highest BCUT2D eigenvalue weighted by Crippen LogP contribution is 2.22. The van der Waals surface area contributed by atoms with E-state index >= 15 is 0 Å². The Morgan fingerprint density at radius 2 is 2.20 bits per heavy atom. The van der Waals surface area contributed by atoms with Gasteiger partial charge in [-0.2, -0.15) is 5.26 Å². The van der Waals surface area contributed by atoms with Crippen molar-refractivity contribution in [1.29, 1.82) is 5.26 Å². The highest BCUT2D eigenvalue weighted by molar-refractivity contribution is 9.10. The van der Waals surface area contributed by atoms with Gasteiger partial charge in [-0.1, -0.05) is 15.9 Å². The smallest absolute Gasteiger partial charge is 0.271 e. The van der Waals surface area contributed by atoms with Gasteiger partial charge in [-0.3, -0.25) is 14.9 Å². The molecule has 0 aromatic heterocycles. The molecule has 7 heteroatoms. The lowest BCUT2D eigenvalue weighted by atomic mass is 10.1. The fourth-order valence-electron chi connectivity index (χ4n) is 1.71. The second-order valence-electron chi connectivity index (χ2n) is 4.33. The predicted molar refractivity (Wildman–Crippen MR) is 77.2 cm³/mol. The second kappa shape index (κ2) is 7.01. The van der Waals surface area contributed by atoms with Crippen LogP contribution in [0, 0.1) is 27.4 Å². The van der Waals surface area contributed by atoms with Gasteiger partial charge in [0.05, 0.1) is 16.9 Å². The average Bonchev–Trinajstić information content (AvgIpc) is 2.42. The molecular formula is C13H14BrN3O3. The van der Waals surface area contributed by atoms with Gasteiger partial charge in [0, 0.05) is 35.3 Å². The van der Waals surface area contributed by atoms with Crippen molar-refractivity contribution in [1.82, 2.24) is 4.90 Å². The van der Waals surface area contributed by atoms with Crippen LogP contribution in [0.2, 0.25) is 0 Å². The van der Waals surface area contributed by atoms with E-state index in [4.69, 9.17) is 5.26 Å². The van der Waals surface area contributed by atoms with Gasteiger partial charge in [0.15, 0.2) is 0 Å². The Labute approximate surface area is 125 Å². The van der Waals surface area contributed by atoms with Gasteiger partial charge in [-0.25, -0.2) is 0 Å². The van der Waals surface area contributed by atoms with Crippen LogP contribution < -0.4 is 0 Å². The van der Waals surface area contributed by atoms with Crippen molar-refractivity contribution >= 4 is 27.5 Å². The van der Waals surface area contributed by atoms with Gasteiger partial charge in [-0.15, -0.1) is 0 Å². The molecule has 0 aliphatic heterocycles. The zero-order chi connectivity index (χ0) is 15.3. The molecule has 0 saturated carbocycles. The third kappa shape index (κ3) is 4.03. The molecule has 1 atom stereocenters. The van der Waals surface area contributed by atoms with Gasteiger partial charge >= 0.3 is 0 Å². The number of benzene rings is 1. The molecule has 1 amide bonds. The minimum absolute atomic E-state index is 0.146. The number of nitro groups is 1. The molecule has 1 aromatic rings. The molecule has 20 heavy (non-hydrogen) atoms. The Bertz CT molecular complexity index is 568. The lowest BCUT2D eigenvalue weighted by Crippen LogP contribution is -2.34. The second-order valence-corrected chi connectivity index (χ2v) is 5.24. The minimum atomic E-state index is -0.546. The van der Waals surface area contributed by atoms with Crippen molar-refractivity contribution in [3.05, 3.63) is 38.3 Å². The van der Waals surface area contributed by atoms with Gasteiger partial charge in [0.1, 0.15) is 0 Å². The van der Waals surface area contributed by atoms with Crippen LogP contribution in [0.5, 0.6) is 0 Å². The summed E-state index contributed by atoms with van der Waals surface area (Å²) in [4.78, 5) is 24.1. The molecule has 1 unspecified atom stereocenters. The summed E-state index contributed by atoms with van der Waals surface area (Å²) in [6, 6.07) is 6.18. The van der Waals surface area contributed by atoms with E-state index in [2.05, 4.69) is 22.0 Å². The van der Waals surface area contributed by atoms with Crippen LogP contribution in [0.3, 0.4) is 0 Å². The molecule has 0 aliphatic rings. The quantitative estimate of drug-likeness (QED) is 0.609. The summed E-state index contributed by atoms with van der Waals surface area (Å²) < 4.78 is 0.472. The Kier molecular flexibility index (Phi) is 5.65. The standard InChI is InChI=1S/C13H14BrN3O3/c1-3-16(8-9(2)7-15)13(18)10-4-11(14)6-12(5-10)17(19)20/h4-6,9H,3,8H2,1-2H3. The molecule has 0 aliphatic carbocycles. The SMILES string of the molecule is CCN(CC(C)C#N)C(=O)c1cc(Br)cc([N+](=O)[O-])c1. The summed E-state index contributed by atoms with van der Waals surface area (Å²) in [6.07, 6.45) is 0. The van der Waals surface area contributed by atoms with Crippen molar-refractivity contribution in [3.63, 3.8) is 0 Å². The number of hydrogen-bond donors (Lipinski definition) is 0. The Hall–Kier alpha value is -1.94. The van der Waals surface area contributed by atoms with Crippen LogP contribution in [-0.4, -0.2) is 28.8 Å². The van der Waals surface area contributed by atoms with Gasteiger partial charge in [0.25, 0.3) is 11.6 Å². The molecule has 1 rings (SSSR count). The third-order valence-electron chi connectivity index (χ3n) is 2.72. The minimum Gasteiger partial charge on any atom is -0.338 e. The molecule has 6 nitrogen and oxygen atoms in total. The van der Waals surface area contributed by atoms with Gasteiger partial charge in [0.2, 0.25) is 0 Å². The summed E-state index contributed by atoms with van der Waals surface area (Å²) >= 11 is 3.16. The van der Waals surface area contributed by atoms with E-state index in [1.54, 1.807) is 13.8 Å². The van der Waals surface area contributed by atoms with Crippen LogP contribution in [0.1, 0.15) is 24.2 Å². The van der Waals surface area contributed by atoms with Crippen LogP contribution in [0.15, 0.2) is 22.7 Å². The van der Waals surface area contributed by atoms with Crippen molar-refractivity contribution in [2.24, 2.45) is 5.92 Å². The lowest BCUT2D eigenvalue weighted by Gasteiger charge is -2.22. The molecule has 0 N–H and O–H groups in total. The van der Waals surface area contributed by atoms with E-state index in [1.165, 1.54) is 23.1 Å². The topological polar surface area (TPSA) is 87.2 Å². The number of nitriles is 1. The maximum absolute atomic E-state index is 12.3. The number of hydrogen-bond acceptors (Lipinski definition) is 4. The first-order chi connectivity index (χ1) is 9.38.